The van der Waals surface area contributed by atoms with Gasteiger partial charge in [0.25, 0.3) is 0 Å². The molecule has 0 spiro atoms. The van der Waals surface area contributed by atoms with E-state index in [9.17, 15) is 0 Å². The van der Waals surface area contributed by atoms with Gasteiger partial charge in [-0.2, -0.15) is 0 Å². The zero-order chi connectivity index (χ0) is 47.6. The average Bonchev–Trinajstić information content (AvgIpc) is 4.15. The summed E-state index contributed by atoms with van der Waals surface area (Å²) in [4.78, 5) is 30.0. The van der Waals surface area contributed by atoms with Gasteiger partial charge in [-0.15, -0.1) is 0 Å². The third kappa shape index (κ3) is 8.80. The van der Waals surface area contributed by atoms with Crippen molar-refractivity contribution < 1.29 is 46.0 Å². The molecular formula is C47H51BF2N9O8P. The first-order valence-electron chi connectivity index (χ1n) is 21.6. The maximum atomic E-state index is 18.1. The van der Waals surface area contributed by atoms with Crippen molar-refractivity contribution in [1.29, 1.82) is 0 Å². The molecule has 9 atom stereocenters. The van der Waals surface area contributed by atoms with Crippen LogP contribution in [0.5, 0.6) is 11.5 Å². The maximum Gasteiger partial charge on any atom is 0.242 e. The fourth-order valence-corrected chi connectivity index (χ4v) is 9.73. The van der Waals surface area contributed by atoms with Crippen molar-refractivity contribution in [1.82, 2.24) is 39.0 Å². The van der Waals surface area contributed by atoms with E-state index in [1.54, 1.807) is 36.6 Å². The van der Waals surface area contributed by atoms with Crippen LogP contribution in [-0.4, -0.2) is 117 Å². The SMILES string of the molecule is [BH3-][P+](OCC[N+]#[C-])(OCC1OC(n2cnc3c(C)ncnc32)C(OC(c2ccccc2)(c2ccc(OC)cc2)c2ccc(OC)cc2)[C@H]1F)OC1[C@@H](CC)O[C@@H](n2cnc3c(C)ncnc32)[C@H]1F. The number of hydrogen-bond donors (Lipinski definition) is 0. The van der Waals surface area contributed by atoms with E-state index in [-0.39, 0.29) is 19.8 Å². The molecule has 4 aromatic heterocycles. The third-order valence-corrected chi connectivity index (χ3v) is 13.2. The number of benzene rings is 3. The van der Waals surface area contributed by atoms with Crippen LogP contribution in [0.3, 0.4) is 0 Å². The first-order chi connectivity index (χ1) is 33.0. The summed E-state index contributed by atoms with van der Waals surface area (Å²) < 4.78 is 89.3. The van der Waals surface area contributed by atoms with E-state index in [1.165, 1.54) is 19.0 Å². The van der Waals surface area contributed by atoms with E-state index in [4.69, 9.17) is 43.8 Å². The lowest BCUT2D eigenvalue weighted by Gasteiger charge is -2.39. The summed E-state index contributed by atoms with van der Waals surface area (Å²) in [6.07, 6.45) is -4.03. The zero-order valence-electron chi connectivity index (χ0n) is 37.3. The summed E-state index contributed by atoms with van der Waals surface area (Å²) in [5.74, 6) is 1.24. The lowest BCUT2D eigenvalue weighted by atomic mass is 9.79. The highest BCUT2D eigenvalue weighted by Crippen LogP contribution is 2.61. The lowest BCUT2D eigenvalue weighted by molar-refractivity contribution is -0.115. The number of fused-ring (bicyclic) bond motifs is 2. The molecule has 0 bridgehead atoms. The number of hydrogen-bond acceptors (Lipinski definition) is 14. The minimum absolute atomic E-state index is 0.0116. The topological polar surface area (TPSA) is 165 Å². The zero-order valence-corrected chi connectivity index (χ0v) is 38.2. The Morgan fingerprint density at radius 2 is 1.25 bits per heavy atom. The van der Waals surface area contributed by atoms with Gasteiger partial charge < -0.3 is 28.5 Å². The molecule has 2 aliphatic heterocycles. The highest BCUT2D eigenvalue weighted by molar-refractivity contribution is 7.85. The summed E-state index contributed by atoms with van der Waals surface area (Å²) in [5.41, 5.74) is 3.76. The lowest BCUT2D eigenvalue weighted by Crippen LogP contribution is -2.43. The number of ether oxygens (including phenoxy) is 5. The first kappa shape index (κ1) is 47.0. The Labute approximate surface area is 392 Å². The maximum absolute atomic E-state index is 18.1. The molecular weight excluding hydrogens is 898 g/mol. The molecule has 0 radical (unpaired) electrons. The van der Waals surface area contributed by atoms with Gasteiger partial charge in [-0.1, -0.05) is 61.5 Å². The van der Waals surface area contributed by atoms with Gasteiger partial charge in [0.1, 0.15) is 59.6 Å². The molecule has 6 heterocycles. The van der Waals surface area contributed by atoms with Gasteiger partial charge in [-0.05, 0) is 61.2 Å². The predicted molar refractivity (Wildman–Crippen MR) is 250 cm³/mol. The fraction of sp³-hybridized carbons (Fsp3) is 0.383. The third-order valence-electron chi connectivity index (χ3n) is 12.0. The number of halogens is 2. The molecule has 2 fully saturated rings. The second-order valence-electron chi connectivity index (χ2n) is 15.9. The van der Waals surface area contributed by atoms with E-state index in [2.05, 4.69) is 34.7 Å². The van der Waals surface area contributed by atoms with Crippen molar-refractivity contribution in [2.75, 3.05) is 34.0 Å². The Bertz CT molecular complexity index is 2830. The second-order valence-corrected chi connectivity index (χ2v) is 17.1. The normalized spacial score (nSPS) is 23.8. The van der Waals surface area contributed by atoms with Gasteiger partial charge in [-0.3, -0.25) is 9.13 Å². The highest BCUT2D eigenvalue weighted by Gasteiger charge is 2.56. The van der Waals surface area contributed by atoms with E-state index < -0.39 is 70.2 Å². The van der Waals surface area contributed by atoms with Crippen molar-refractivity contribution in [3.8, 4) is 11.5 Å². The summed E-state index contributed by atoms with van der Waals surface area (Å²) >= 11 is 0. The van der Waals surface area contributed by atoms with Crippen LogP contribution >= 0.6 is 7.82 Å². The van der Waals surface area contributed by atoms with Crippen molar-refractivity contribution in [3.63, 3.8) is 0 Å². The minimum atomic E-state index is -3.33. The Morgan fingerprint density at radius 3 is 1.79 bits per heavy atom. The van der Waals surface area contributed by atoms with Crippen LogP contribution in [0.15, 0.2) is 104 Å². The van der Waals surface area contributed by atoms with Crippen molar-refractivity contribution >= 4 is 37.7 Å². The van der Waals surface area contributed by atoms with Crippen LogP contribution in [0.2, 0.25) is 0 Å². The number of imidazole rings is 2. The summed E-state index contributed by atoms with van der Waals surface area (Å²) in [6.45, 7) is 12.6. The number of rotatable bonds is 18. The Balaban J connectivity index is 1.08. The molecule has 0 N–H and O–H groups in total. The minimum Gasteiger partial charge on any atom is -0.497 e. The molecule has 3 aromatic carbocycles. The molecule has 0 saturated carbocycles. The highest BCUT2D eigenvalue weighted by atomic mass is 31.2. The summed E-state index contributed by atoms with van der Waals surface area (Å²) in [6, 6.07) is 24.5. The van der Waals surface area contributed by atoms with Crippen molar-refractivity contribution in [2.24, 2.45) is 0 Å². The quantitative estimate of drug-likeness (QED) is 0.0286. The second kappa shape index (κ2) is 19.9. The number of nitrogens with zero attached hydrogens (tertiary/aromatic N) is 9. The molecule has 17 nitrogen and oxygen atoms in total. The van der Waals surface area contributed by atoms with Gasteiger partial charge in [-0.25, -0.2) is 58.8 Å². The molecule has 354 valence electrons. The number of alkyl halides is 2. The molecule has 21 heteroatoms. The smallest absolute Gasteiger partial charge is 0.242 e. The molecule has 2 saturated heterocycles. The number of methoxy groups -OCH3 is 2. The van der Waals surface area contributed by atoms with Gasteiger partial charge in [0.15, 0.2) is 48.8 Å². The molecule has 68 heavy (non-hydrogen) atoms. The number of aryl methyl sites for hydroxylation is 2. The molecule has 0 amide bonds. The molecule has 0 aliphatic carbocycles. The van der Waals surface area contributed by atoms with Gasteiger partial charge in [0, 0.05) is 0 Å². The largest absolute Gasteiger partial charge is 0.497 e. The van der Waals surface area contributed by atoms with Gasteiger partial charge in [0.2, 0.25) is 21.9 Å². The fourth-order valence-electron chi connectivity index (χ4n) is 8.59. The van der Waals surface area contributed by atoms with Crippen molar-refractivity contribution in [3.05, 3.63) is 144 Å². The Kier molecular flexibility index (Phi) is 13.8. The Morgan fingerprint density at radius 1 is 0.706 bits per heavy atom. The van der Waals surface area contributed by atoms with Crippen LogP contribution in [0.4, 0.5) is 8.78 Å². The van der Waals surface area contributed by atoms with Crippen LogP contribution in [-0.2, 0) is 33.4 Å². The van der Waals surface area contributed by atoms with Crippen LogP contribution in [0, 0.1) is 20.4 Å². The molecule has 2 aliphatic rings. The van der Waals surface area contributed by atoms with E-state index >= 15 is 8.78 Å². The van der Waals surface area contributed by atoms with Crippen LogP contribution in [0.1, 0.15) is 53.9 Å². The van der Waals surface area contributed by atoms with Crippen molar-refractivity contribution in [2.45, 2.75) is 82.0 Å². The molecule has 7 aromatic rings. The standard InChI is InChI=1S/C47H51BF2N9O8P/c1-7-35-41(38(50)45(64-35)58-26-56-39-28(2)52-24-54-43(39)58)67-68(48,62-22-21-51-4)63-23-36-37(49)42(46(65-36)59-27-57-40-29(3)53-25-55-44(40)59)66-47(30-11-9-8-10-12-30,31-13-17-33(60-5)18-14-31)32-15-19-34(61-6)20-16-32/h8-20,24-27,35-38,41-42,45-46H,7,21-23H2,1-3,5-6,48H3/t35-,36?,37+,38+,41?,42?,45-,46?,68?/m1/s1. The number of aromatic nitrogens is 8. The van der Waals surface area contributed by atoms with Gasteiger partial charge in [0.05, 0.1) is 44.4 Å². The summed E-state index contributed by atoms with van der Waals surface area (Å²) in [5, 5.41) is 0. The van der Waals surface area contributed by atoms with E-state index in [0.717, 1.165) is 0 Å². The monoisotopic (exact) mass is 949 g/mol. The molecule has 9 rings (SSSR count). The Hall–Kier alpha value is -6.04. The van der Waals surface area contributed by atoms with E-state index in [1.807, 2.05) is 92.7 Å². The molecule has 5 unspecified atom stereocenters. The predicted octanol–water partition coefficient (Wildman–Crippen LogP) is 6.94. The van der Waals surface area contributed by atoms with Crippen LogP contribution < -0.4 is 9.47 Å². The first-order valence-corrected chi connectivity index (χ1v) is 22.7. The van der Waals surface area contributed by atoms with Gasteiger partial charge >= 0.3 is 0 Å². The average molecular weight is 950 g/mol. The summed E-state index contributed by atoms with van der Waals surface area (Å²) in [7, 11) is -1.23. The van der Waals surface area contributed by atoms with Crippen LogP contribution in [0.25, 0.3) is 27.2 Å². The van der Waals surface area contributed by atoms with E-state index in [0.29, 0.717) is 68.3 Å².